The van der Waals surface area contributed by atoms with Crippen LogP contribution in [0.5, 0.6) is 0 Å². The molecule has 0 radical (unpaired) electrons. The van der Waals surface area contributed by atoms with Gasteiger partial charge in [-0.15, -0.1) is 0 Å². The van der Waals surface area contributed by atoms with Gasteiger partial charge in [0.2, 0.25) is 5.91 Å². The Morgan fingerprint density at radius 2 is 2.18 bits per heavy atom. The van der Waals surface area contributed by atoms with Crippen molar-refractivity contribution in [1.29, 1.82) is 0 Å². The Morgan fingerprint density at radius 3 is 2.76 bits per heavy atom. The van der Waals surface area contributed by atoms with Crippen LogP contribution in [0.1, 0.15) is 25.7 Å². The first-order chi connectivity index (χ1) is 8.08. The molecule has 2 aliphatic rings. The molecule has 5 heteroatoms. The van der Waals surface area contributed by atoms with Crippen LogP contribution in [0.2, 0.25) is 0 Å². The van der Waals surface area contributed by atoms with Crippen molar-refractivity contribution < 1.29 is 4.79 Å². The molecule has 2 N–H and O–H groups in total. The van der Waals surface area contributed by atoms with Crippen molar-refractivity contribution in [1.82, 2.24) is 9.80 Å². The smallest absolute Gasteiger partial charge is 0.236 e. The van der Waals surface area contributed by atoms with E-state index in [-0.39, 0.29) is 11.8 Å². The van der Waals surface area contributed by atoms with Gasteiger partial charge in [-0.05, 0) is 32.2 Å². The molecule has 4 nitrogen and oxygen atoms in total. The molecule has 96 valence electrons. The second-order valence-electron chi connectivity index (χ2n) is 5.21. The predicted octanol–water partition coefficient (Wildman–Crippen LogP) is 0.605. The molecule has 1 unspecified atom stereocenters. The number of carbonyl (C=O) groups is 1. The zero-order chi connectivity index (χ0) is 12.4. The van der Waals surface area contributed by atoms with Gasteiger partial charge >= 0.3 is 0 Å². The number of rotatable bonds is 4. The number of piperidine rings is 1. The first-order valence-corrected chi connectivity index (χ1v) is 6.76. The van der Waals surface area contributed by atoms with Crippen LogP contribution in [0, 0.1) is 5.92 Å². The lowest BCUT2D eigenvalue weighted by atomic mass is 9.98. The van der Waals surface area contributed by atoms with E-state index < -0.39 is 0 Å². The summed E-state index contributed by atoms with van der Waals surface area (Å²) in [5, 5.41) is 0. The third-order valence-corrected chi connectivity index (χ3v) is 4.09. The monoisotopic (exact) mass is 255 g/mol. The maximum atomic E-state index is 12.0. The highest BCUT2D eigenvalue weighted by atomic mass is 32.1. The van der Waals surface area contributed by atoms with Crippen molar-refractivity contribution >= 4 is 23.1 Å². The molecule has 17 heavy (non-hydrogen) atoms. The van der Waals surface area contributed by atoms with Crippen LogP contribution in [-0.2, 0) is 4.79 Å². The number of hydrogen-bond acceptors (Lipinski definition) is 3. The molecule has 1 aliphatic heterocycles. The van der Waals surface area contributed by atoms with Gasteiger partial charge in [-0.2, -0.15) is 0 Å². The van der Waals surface area contributed by atoms with E-state index >= 15 is 0 Å². The minimum atomic E-state index is 0.232. The van der Waals surface area contributed by atoms with E-state index in [0.717, 1.165) is 38.8 Å². The summed E-state index contributed by atoms with van der Waals surface area (Å²) in [6, 6.07) is 0.499. The summed E-state index contributed by atoms with van der Waals surface area (Å²) < 4.78 is 0. The number of amides is 1. The van der Waals surface area contributed by atoms with Crippen LogP contribution in [-0.4, -0.2) is 53.4 Å². The minimum absolute atomic E-state index is 0.232. The lowest BCUT2D eigenvalue weighted by Crippen LogP contribution is -2.45. The van der Waals surface area contributed by atoms with Crippen molar-refractivity contribution in [2.75, 3.05) is 26.7 Å². The van der Waals surface area contributed by atoms with E-state index in [9.17, 15) is 4.79 Å². The summed E-state index contributed by atoms with van der Waals surface area (Å²) in [5.74, 6) is 0.522. The maximum absolute atomic E-state index is 12.0. The maximum Gasteiger partial charge on any atom is 0.236 e. The molecule has 1 heterocycles. The van der Waals surface area contributed by atoms with Gasteiger partial charge in [-0.25, -0.2) is 0 Å². The number of hydrogen-bond donors (Lipinski definition) is 1. The van der Waals surface area contributed by atoms with E-state index in [1.807, 2.05) is 11.9 Å². The first kappa shape index (κ1) is 12.8. The highest BCUT2D eigenvalue weighted by molar-refractivity contribution is 7.80. The number of thiocarbonyl (C=S) groups is 1. The Morgan fingerprint density at radius 1 is 1.47 bits per heavy atom. The lowest BCUT2D eigenvalue weighted by Gasteiger charge is -2.32. The average molecular weight is 255 g/mol. The SMILES string of the molecule is CN(C(=O)CN1CCCC(C(N)=S)C1)C1CC1. The van der Waals surface area contributed by atoms with E-state index in [0.29, 0.717) is 17.6 Å². The van der Waals surface area contributed by atoms with Crippen LogP contribution in [0.15, 0.2) is 0 Å². The molecule has 1 aliphatic carbocycles. The largest absolute Gasteiger partial charge is 0.393 e. The minimum Gasteiger partial charge on any atom is -0.393 e. The fourth-order valence-electron chi connectivity index (χ4n) is 2.40. The fraction of sp³-hybridized carbons (Fsp3) is 0.833. The summed E-state index contributed by atoms with van der Waals surface area (Å²) in [6.07, 6.45) is 4.48. The molecule has 2 fully saturated rings. The highest BCUT2D eigenvalue weighted by Gasteiger charge is 2.31. The Balaban J connectivity index is 1.81. The zero-order valence-electron chi connectivity index (χ0n) is 10.4. The van der Waals surface area contributed by atoms with E-state index in [1.165, 1.54) is 0 Å². The van der Waals surface area contributed by atoms with E-state index in [2.05, 4.69) is 4.90 Å². The van der Waals surface area contributed by atoms with Crippen molar-refractivity contribution in [2.24, 2.45) is 11.7 Å². The highest BCUT2D eigenvalue weighted by Crippen LogP contribution is 2.25. The zero-order valence-corrected chi connectivity index (χ0v) is 11.2. The van der Waals surface area contributed by atoms with Gasteiger partial charge in [0.15, 0.2) is 0 Å². The van der Waals surface area contributed by atoms with Gasteiger partial charge in [0.05, 0.1) is 11.5 Å². The lowest BCUT2D eigenvalue weighted by molar-refractivity contribution is -0.131. The fourth-order valence-corrected chi connectivity index (χ4v) is 2.59. The van der Waals surface area contributed by atoms with Crippen molar-refractivity contribution in [3.8, 4) is 0 Å². The third-order valence-electron chi connectivity index (χ3n) is 3.75. The Hall–Kier alpha value is -0.680. The number of nitrogens with two attached hydrogens (primary N) is 1. The Labute approximate surface area is 108 Å². The van der Waals surface area contributed by atoms with E-state index in [1.54, 1.807) is 0 Å². The Bertz CT molecular complexity index is 317. The van der Waals surface area contributed by atoms with Gasteiger partial charge in [-0.1, -0.05) is 12.2 Å². The quantitative estimate of drug-likeness (QED) is 0.748. The second-order valence-corrected chi connectivity index (χ2v) is 5.68. The summed E-state index contributed by atoms with van der Waals surface area (Å²) >= 11 is 5.04. The molecule has 0 aromatic heterocycles. The number of likely N-dealkylation sites (N-methyl/N-ethyl adjacent to an activating group) is 1. The van der Waals surface area contributed by atoms with Crippen molar-refractivity contribution in [2.45, 2.75) is 31.7 Å². The van der Waals surface area contributed by atoms with Crippen LogP contribution in [0.3, 0.4) is 0 Å². The first-order valence-electron chi connectivity index (χ1n) is 6.35. The standard InChI is InChI=1S/C12H21N3OS/c1-14(10-4-5-10)11(16)8-15-6-2-3-9(7-15)12(13)17/h9-10H,2-8H2,1H3,(H2,13,17). The summed E-state index contributed by atoms with van der Waals surface area (Å²) in [7, 11) is 1.91. The molecular weight excluding hydrogens is 234 g/mol. The molecular formula is C12H21N3OS. The molecule has 1 amide bonds. The third kappa shape index (κ3) is 3.39. The molecule has 0 bridgehead atoms. The number of carbonyl (C=O) groups excluding carboxylic acids is 1. The molecule has 1 saturated carbocycles. The molecule has 0 aromatic carbocycles. The topological polar surface area (TPSA) is 49.6 Å². The average Bonchev–Trinajstić information content (AvgIpc) is 3.12. The predicted molar refractivity (Wildman–Crippen MR) is 71.7 cm³/mol. The molecule has 2 rings (SSSR count). The van der Waals surface area contributed by atoms with Crippen molar-refractivity contribution in [3.05, 3.63) is 0 Å². The molecule has 0 spiro atoms. The van der Waals surface area contributed by atoms with Crippen LogP contribution in [0.25, 0.3) is 0 Å². The number of nitrogens with zero attached hydrogens (tertiary/aromatic N) is 2. The summed E-state index contributed by atoms with van der Waals surface area (Å²) in [4.78, 5) is 16.7. The van der Waals surface area contributed by atoms with Gasteiger partial charge < -0.3 is 10.6 Å². The summed E-state index contributed by atoms with van der Waals surface area (Å²) in [6.45, 7) is 2.36. The molecule has 1 atom stereocenters. The van der Waals surface area contributed by atoms with Gasteiger partial charge in [0.25, 0.3) is 0 Å². The summed E-state index contributed by atoms with van der Waals surface area (Å²) in [5.41, 5.74) is 5.69. The molecule has 0 aromatic rings. The van der Waals surface area contributed by atoms with E-state index in [4.69, 9.17) is 18.0 Å². The Kier molecular flexibility index (Phi) is 3.99. The van der Waals surface area contributed by atoms with Crippen molar-refractivity contribution in [3.63, 3.8) is 0 Å². The van der Waals surface area contributed by atoms with Crippen LogP contribution >= 0.6 is 12.2 Å². The molecule has 1 saturated heterocycles. The second kappa shape index (κ2) is 5.31. The van der Waals surface area contributed by atoms with Gasteiger partial charge in [-0.3, -0.25) is 9.69 Å². The van der Waals surface area contributed by atoms with Gasteiger partial charge in [0, 0.05) is 25.6 Å². The van der Waals surface area contributed by atoms with Crippen LogP contribution < -0.4 is 5.73 Å². The normalized spacial score (nSPS) is 25.6. The van der Waals surface area contributed by atoms with Gasteiger partial charge in [0.1, 0.15) is 0 Å². The van der Waals surface area contributed by atoms with Crippen LogP contribution in [0.4, 0.5) is 0 Å². The number of likely N-dealkylation sites (tertiary alicyclic amines) is 1.